The standard InChI is InChI=1S/C25H36O/c1-3-5-20-6-10-22(11-7-20)24-14-16-25(17-15-24)23-12-8-21(9-13-23)19-26-18-4-2/h3-5,8-9,12-13,20,22,24-25H,2,6-7,10-11,14-19H2,1H3/b5-3+/t20-,22-,24?,25?. The highest BCUT2D eigenvalue weighted by Gasteiger charge is 2.30. The lowest BCUT2D eigenvalue weighted by atomic mass is 9.68. The molecule has 1 heteroatoms. The Balaban J connectivity index is 1.44. The van der Waals surface area contributed by atoms with Gasteiger partial charge in [-0.2, -0.15) is 0 Å². The minimum atomic E-state index is 0.627. The lowest BCUT2D eigenvalue weighted by Crippen LogP contribution is -2.25. The molecule has 26 heavy (non-hydrogen) atoms. The molecule has 1 aromatic rings. The van der Waals surface area contributed by atoms with E-state index in [1.54, 1.807) is 6.08 Å². The Morgan fingerprint density at radius 3 is 2.12 bits per heavy atom. The molecule has 1 nitrogen and oxygen atoms in total. The molecule has 3 rings (SSSR count). The number of hydrogen-bond donors (Lipinski definition) is 0. The van der Waals surface area contributed by atoms with Gasteiger partial charge in [-0.05, 0) is 93.1 Å². The smallest absolute Gasteiger partial charge is 0.0721 e. The van der Waals surface area contributed by atoms with Crippen molar-refractivity contribution >= 4 is 0 Å². The van der Waals surface area contributed by atoms with Crippen molar-refractivity contribution in [3.8, 4) is 0 Å². The van der Waals surface area contributed by atoms with E-state index in [4.69, 9.17) is 4.74 Å². The van der Waals surface area contributed by atoms with Crippen molar-refractivity contribution < 1.29 is 4.74 Å². The summed E-state index contributed by atoms with van der Waals surface area (Å²) < 4.78 is 5.54. The van der Waals surface area contributed by atoms with E-state index in [2.05, 4.69) is 49.9 Å². The second-order valence-electron chi connectivity index (χ2n) is 8.36. The highest BCUT2D eigenvalue weighted by molar-refractivity contribution is 5.25. The van der Waals surface area contributed by atoms with Crippen LogP contribution in [-0.2, 0) is 11.3 Å². The van der Waals surface area contributed by atoms with Gasteiger partial charge in [-0.25, -0.2) is 0 Å². The summed E-state index contributed by atoms with van der Waals surface area (Å²) in [5.74, 6) is 3.63. The first-order valence-electron chi connectivity index (χ1n) is 10.7. The van der Waals surface area contributed by atoms with Gasteiger partial charge in [0.05, 0.1) is 13.2 Å². The van der Waals surface area contributed by atoms with Crippen LogP contribution < -0.4 is 0 Å². The Morgan fingerprint density at radius 2 is 1.54 bits per heavy atom. The van der Waals surface area contributed by atoms with Crippen LogP contribution in [-0.4, -0.2) is 6.61 Å². The molecule has 0 aromatic heterocycles. The van der Waals surface area contributed by atoms with Crippen LogP contribution >= 0.6 is 0 Å². The summed E-state index contributed by atoms with van der Waals surface area (Å²) in [5, 5.41) is 0. The third kappa shape index (κ3) is 5.33. The van der Waals surface area contributed by atoms with Crippen LogP contribution in [0.4, 0.5) is 0 Å². The van der Waals surface area contributed by atoms with Crippen LogP contribution in [0.1, 0.15) is 75.3 Å². The summed E-state index contributed by atoms with van der Waals surface area (Å²) in [6.45, 7) is 7.17. The zero-order valence-electron chi connectivity index (χ0n) is 16.5. The number of ether oxygens (including phenoxy) is 1. The van der Waals surface area contributed by atoms with E-state index in [1.807, 2.05) is 0 Å². The Labute approximate surface area is 160 Å². The van der Waals surface area contributed by atoms with Gasteiger partial charge in [0.1, 0.15) is 0 Å². The lowest BCUT2D eigenvalue weighted by Gasteiger charge is -2.37. The molecule has 0 saturated heterocycles. The average Bonchev–Trinajstić information content (AvgIpc) is 2.70. The first-order chi connectivity index (χ1) is 12.8. The molecule has 2 aliphatic carbocycles. The van der Waals surface area contributed by atoms with Crippen LogP contribution in [0.3, 0.4) is 0 Å². The number of hydrogen-bond acceptors (Lipinski definition) is 1. The second-order valence-corrected chi connectivity index (χ2v) is 8.36. The average molecular weight is 353 g/mol. The normalized spacial score (nSPS) is 29.7. The van der Waals surface area contributed by atoms with Gasteiger partial charge in [-0.3, -0.25) is 0 Å². The molecular weight excluding hydrogens is 316 g/mol. The first-order valence-corrected chi connectivity index (χ1v) is 10.7. The molecule has 1 aromatic carbocycles. The van der Waals surface area contributed by atoms with Crippen LogP contribution in [0.25, 0.3) is 0 Å². The molecule has 2 aliphatic rings. The van der Waals surface area contributed by atoms with E-state index in [-0.39, 0.29) is 0 Å². The van der Waals surface area contributed by atoms with Crippen molar-refractivity contribution in [1.82, 2.24) is 0 Å². The van der Waals surface area contributed by atoms with Crippen molar-refractivity contribution in [1.29, 1.82) is 0 Å². The van der Waals surface area contributed by atoms with Gasteiger partial charge in [-0.1, -0.05) is 42.5 Å². The van der Waals surface area contributed by atoms with Crippen molar-refractivity contribution in [3.63, 3.8) is 0 Å². The molecular formula is C25H36O. The van der Waals surface area contributed by atoms with Gasteiger partial charge in [0.15, 0.2) is 0 Å². The Kier molecular flexibility index (Phi) is 7.55. The topological polar surface area (TPSA) is 9.23 Å². The molecule has 0 radical (unpaired) electrons. The van der Waals surface area contributed by atoms with Crippen LogP contribution in [0, 0.1) is 17.8 Å². The highest BCUT2D eigenvalue weighted by atomic mass is 16.5. The molecule has 0 spiro atoms. The van der Waals surface area contributed by atoms with Crippen LogP contribution in [0.15, 0.2) is 49.1 Å². The van der Waals surface area contributed by atoms with Gasteiger partial charge >= 0.3 is 0 Å². The van der Waals surface area contributed by atoms with E-state index in [1.165, 1.54) is 62.5 Å². The van der Waals surface area contributed by atoms with E-state index in [0.29, 0.717) is 13.2 Å². The summed E-state index contributed by atoms with van der Waals surface area (Å²) in [5.41, 5.74) is 2.80. The van der Waals surface area contributed by atoms with Gasteiger partial charge in [0, 0.05) is 0 Å². The first kappa shape index (κ1) is 19.4. The third-order valence-electron chi connectivity index (χ3n) is 6.68. The predicted molar refractivity (Wildman–Crippen MR) is 111 cm³/mol. The van der Waals surface area contributed by atoms with Crippen molar-refractivity contribution in [2.75, 3.05) is 6.61 Å². The third-order valence-corrected chi connectivity index (χ3v) is 6.68. The summed E-state index contributed by atoms with van der Waals surface area (Å²) in [6.07, 6.45) is 17.9. The number of benzene rings is 1. The van der Waals surface area contributed by atoms with Crippen LogP contribution in [0.5, 0.6) is 0 Å². The van der Waals surface area contributed by atoms with E-state index >= 15 is 0 Å². The summed E-state index contributed by atoms with van der Waals surface area (Å²) >= 11 is 0. The van der Waals surface area contributed by atoms with Crippen molar-refractivity contribution in [2.24, 2.45) is 17.8 Å². The maximum Gasteiger partial charge on any atom is 0.0721 e. The molecule has 0 aliphatic heterocycles. The van der Waals surface area contributed by atoms with Gasteiger partial charge in [-0.15, -0.1) is 6.58 Å². The molecule has 0 amide bonds. The van der Waals surface area contributed by atoms with Crippen molar-refractivity contribution in [3.05, 3.63) is 60.2 Å². The van der Waals surface area contributed by atoms with Gasteiger partial charge < -0.3 is 4.74 Å². The zero-order valence-corrected chi connectivity index (χ0v) is 16.5. The Morgan fingerprint density at radius 1 is 0.923 bits per heavy atom. The van der Waals surface area contributed by atoms with Crippen LogP contribution in [0.2, 0.25) is 0 Å². The quantitative estimate of drug-likeness (QED) is 0.377. The Bertz CT molecular complexity index is 554. The molecule has 0 bridgehead atoms. The van der Waals surface area contributed by atoms with E-state index in [9.17, 15) is 0 Å². The van der Waals surface area contributed by atoms with Gasteiger partial charge in [0.2, 0.25) is 0 Å². The number of allylic oxidation sites excluding steroid dienone is 2. The SMILES string of the molecule is C=CCOCc1ccc(C2CCC([C@H]3CC[C@H](/C=C/C)CC3)CC2)cc1. The maximum absolute atomic E-state index is 5.54. The largest absolute Gasteiger partial charge is 0.373 e. The van der Waals surface area contributed by atoms with E-state index < -0.39 is 0 Å². The van der Waals surface area contributed by atoms with Crippen molar-refractivity contribution in [2.45, 2.75) is 70.8 Å². The maximum atomic E-state index is 5.54. The molecule has 0 heterocycles. The molecule has 0 unspecified atom stereocenters. The Hall–Kier alpha value is -1.34. The zero-order chi connectivity index (χ0) is 18.2. The minimum Gasteiger partial charge on any atom is -0.373 e. The lowest BCUT2D eigenvalue weighted by molar-refractivity contribution is 0.149. The monoisotopic (exact) mass is 352 g/mol. The summed E-state index contributed by atoms with van der Waals surface area (Å²) in [6, 6.07) is 9.15. The minimum absolute atomic E-state index is 0.627. The molecule has 142 valence electrons. The fraction of sp³-hybridized carbons (Fsp3) is 0.600. The fourth-order valence-electron chi connectivity index (χ4n) is 5.15. The summed E-state index contributed by atoms with van der Waals surface area (Å²) in [7, 11) is 0. The fourth-order valence-corrected chi connectivity index (χ4v) is 5.15. The highest BCUT2D eigenvalue weighted by Crippen LogP contribution is 2.44. The number of rotatable bonds is 7. The van der Waals surface area contributed by atoms with Gasteiger partial charge in [0.25, 0.3) is 0 Å². The second kappa shape index (κ2) is 10.1. The predicted octanol–water partition coefficient (Wildman–Crippen LogP) is 7.05. The molecule has 0 N–H and O–H groups in total. The summed E-state index contributed by atoms with van der Waals surface area (Å²) in [4.78, 5) is 0. The molecule has 2 saturated carbocycles. The van der Waals surface area contributed by atoms with E-state index in [0.717, 1.165) is 23.7 Å². The molecule has 2 fully saturated rings. The molecule has 0 atom stereocenters.